The topological polar surface area (TPSA) is 88.8 Å². The molecule has 1 aliphatic heterocycles. The number of carbonyl (C=O) groups excluding carboxylic acids is 2. The van der Waals surface area contributed by atoms with Crippen LogP contribution in [0.25, 0.3) is 10.2 Å². The molecule has 0 unspecified atom stereocenters. The minimum Gasteiger partial charge on any atom is -0.380 e. The number of hydrogen-bond donors (Lipinski definition) is 0. The van der Waals surface area contributed by atoms with Crippen molar-refractivity contribution in [1.82, 2.24) is 19.9 Å². The summed E-state index contributed by atoms with van der Waals surface area (Å²) < 4.78 is 10.4. The predicted molar refractivity (Wildman–Crippen MR) is 113 cm³/mol. The summed E-state index contributed by atoms with van der Waals surface area (Å²) in [6, 6.07) is 3.89. The highest BCUT2D eigenvalue weighted by molar-refractivity contribution is 7.20. The largest absolute Gasteiger partial charge is 0.380 e. The first-order chi connectivity index (χ1) is 14.4. The van der Waals surface area contributed by atoms with Crippen molar-refractivity contribution in [2.24, 2.45) is 0 Å². The molecule has 0 aliphatic carbocycles. The molecule has 30 heavy (non-hydrogen) atoms. The molecule has 0 saturated carbocycles. The molecule has 4 rings (SSSR count). The molecule has 0 aromatic carbocycles. The molecular formula is C21H24N4O4S. The Morgan fingerprint density at radius 2 is 2.20 bits per heavy atom. The average Bonchev–Trinajstić information content (AvgIpc) is 3.44. The summed E-state index contributed by atoms with van der Waals surface area (Å²) in [6.45, 7) is 3.16. The maximum atomic E-state index is 13.1. The summed E-state index contributed by atoms with van der Waals surface area (Å²) >= 11 is 1.42. The molecule has 158 valence electrons. The van der Waals surface area contributed by atoms with Crippen molar-refractivity contribution in [3.05, 3.63) is 45.8 Å². The monoisotopic (exact) mass is 428 g/mol. The highest BCUT2D eigenvalue weighted by Gasteiger charge is 2.35. The normalized spacial score (nSPS) is 16.4. The van der Waals surface area contributed by atoms with E-state index in [1.165, 1.54) is 11.3 Å². The summed E-state index contributed by atoms with van der Waals surface area (Å²) in [5.41, 5.74) is 1.97. The molecule has 0 bridgehead atoms. The molecule has 2 amide bonds. The van der Waals surface area contributed by atoms with Crippen molar-refractivity contribution < 1.29 is 18.8 Å². The molecule has 3 aromatic heterocycles. The van der Waals surface area contributed by atoms with Crippen LogP contribution in [0.5, 0.6) is 0 Å². The van der Waals surface area contributed by atoms with Crippen LogP contribution in [-0.2, 0) is 11.3 Å². The van der Waals surface area contributed by atoms with E-state index < -0.39 is 0 Å². The first-order valence-electron chi connectivity index (χ1n) is 9.74. The van der Waals surface area contributed by atoms with Gasteiger partial charge in [-0.1, -0.05) is 11.2 Å². The zero-order valence-electron chi connectivity index (χ0n) is 17.5. The van der Waals surface area contributed by atoms with Gasteiger partial charge in [-0.25, -0.2) is 4.98 Å². The van der Waals surface area contributed by atoms with Gasteiger partial charge in [-0.2, -0.15) is 0 Å². The Hall–Kier alpha value is -2.78. The molecular weight excluding hydrogens is 404 g/mol. The minimum absolute atomic E-state index is 0.0349. The molecule has 1 atom stereocenters. The maximum Gasteiger partial charge on any atom is 0.276 e. The van der Waals surface area contributed by atoms with Crippen LogP contribution in [0.15, 0.2) is 22.9 Å². The third-order valence-corrected chi connectivity index (χ3v) is 6.58. The Morgan fingerprint density at radius 3 is 2.93 bits per heavy atom. The molecule has 0 radical (unpaired) electrons. The van der Waals surface area contributed by atoms with Gasteiger partial charge in [0.05, 0.1) is 17.0 Å². The number of aryl methyl sites for hydroxylation is 1. The Morgan fingerprint density at radius 1 is 1.40 bits per heavy atom. The number of fused-ring (bicyclic) bond motifs is 1. The van der Waals surface area contributed by atoms with Crippen LogP contribution < -0.4 is 0 Å². The first-order valence-corrected chi connectivity index (χ1v) is 10.6. The summed E-state index contributed by atoms with van der Waals surface area (Å²) in [5, 5.41) is 4.96. The fourth-order valence-electron chi connectivity index (χ4n) is 3.92. The van der Waals surface area contributed by atoms with Crippen LogP contribution in [0.1, 0.15) is 49.4 Å². The van der Waals surface area contributed by atoms with E-state index in [4.69, 9.17) is 9.26 Å². The number of ether oxygens (including phenoxy) is 1. The zero-order valence-corrected chi connectivity index (χ0v) is 18.3. The van der Waals surface area contributed by atoms with Crippen LogP contribution in [-0.4, -0.2) is 66.0 Å². The molecule has 1 fully saturated rings. The second-order valence-corrected chi connectivity index (χ2v) is 8.64. The van der Waals surface area contributed by atoms with Gasteiger partial charge in [0, 0.05) is 51.8 Å². The third-order valence-electron chi connectivity index (χ3n) is 5.46. The quantitative estimate of drug-likeness (QED) is 0.621. The second kappa shape index (κ2) is 8.16. The molecule has 8 nitrogen and oxygen atoms in total. The lowest BCUT2D eigenvalue weighted by Crippen LogP contribution is -2.30. The lowest BCUT2D eigenvalue weighted by molar-refractivity contribution is 0.0776. The fourth-order valence-corrected chi connectivity index (χ4v) is 5.17. The molecule has 0 spiro atoms. The number of likely N-dealkylation sites (tertiary alicyclic amines) is 1. The number of thiophene rings is 1. The number of amides is 2. The van der Waals surface area contributed by atoms with Crippen LogP contribution in [0.4, 0.5) is 0 Å². The Labute approximate surface area is 178 Å². The Balaban J connectivity index is 1.65. The molecule has 1 saturated heterocycles. The fraction of sp³-hybridized carbons (Fsp3) is 0.429. The van der Waals surface area contributed by atoms with Gasteiger partial charge in [0.1, 0.15) is 10.6 Å². The van der Waals surface area contributed by atoms with E-state index in [0.717, 1.165) is 22.2 Å². The van der Waals surface area contributed by atoms with Gasteiger partial charge in [-0.15, -0.1) is 11.3 Å². The Bertz CT molecular complexity index is 1100. The molecule has 9 heteroatoms. The summed E-state index contributed by atoms with van der Waals surface area (Å²) in [5.74, 6) is 0.446. The Kier molecular flexibility index (Phi) is 5.57. The third kappa shape index (κ3) is 3.48. The smallest absolute Gasteiger partial charge is 0.276 e. The molecule has 3 aromatic rings. The van der Waals surface area contributed by atoms with E-state index in [1.54, 1.807) is 44.1 Å². The predicted octanol–water partition coefficient (Wildman–Crippen LogP) is 3.07. The maximum absolute atomic E-state index is 13.1. The van der Waals surface area contributed by atoms with Gasteiger partial charge in [0.25, 0.3) is 11.8 Å². The van der Waals surface area contributed by atoms with Crippen LogP contribution in [0.2, 0.25) is 0 Å². The molecule has 1 aliphatic rings. The van der Waals surface area contributed by atoms with Crippen LogP contribution >= 0.6 is 11.3 Å². The van der Waals surface area contributed by atoms with Crippen molar-refractivity contribution >= 4 is 33.4 Å². The van der Waals surface area contributed by atoms with E-state index in [2.05, 4.69) is 10.1 Å². The SMILES string of the molecule is COCc1c(C(=O)N2CC[C@@H](c3c(C(=O)N(C)C)sc4ncccc34)C2)noc1C. The highest BCUT2D eigenvalue weighted by Crippen LogP contribution is 2.40. The van der Waals surface area contributed by atoms with Crippen molar-refractivity contribution in [2.45, 2.75) is 25.9 Å². The van der Waals surface area contributed by atoms with Crippen molar-refractivity contribution in [3.63, 3.8) is 0 Å². The van der Waals surface area contributed by atoms with Gasteiger partial charge >= 0.3 is 0 Å². The first kappa shape index (κ1) is 20.5. The number of hydrogen-bond acceptors (Lipinski definition) is 7. The number of carbonyl (C=O) groups is 2. The van der Waals surface area contributed by atoms with E-state index in [1.807, 2.05) is 12.1 Å². The van der Waals surface area contributed by atoms with E-state index in [0.29, 0.717) is 35.0 Å². The van der Waals surface area contributed by atoms with E-state index in [-0.39, 0.29) is 24.3 Å². The number of aromatic nitrogens is 2. The summed E-state index contributed by atoms with van der Waals surface area (Å²) in [7, 11) is 5.07. The summed E-state index contributed by atoms with van der Waals surface area (Å²) in [4.78, 5) is 35.3. The van der Waals surface area contributed by atoms with Gasteiger partial charge in [-0.05, 0) is 25.0 Å². The van der Waals surface area contributed by atoms with Crippen LogP contribution in [0, 0.1) is 6.92 Å². The van der Waals surface area contributed by atoms with Crippen LogP contribution in [0.3, 0.4) is 0 Å². The van der Waals surface area contributed by atoms with Crippen molar-refractivity contribution in [3.8, 4) is 0 Å². The van der Waals surface area contributed by atoms with E-state index >= 15 is 0 Å². The second-order valence-electron chi connectivity index (χ2n) is 7.64. The van der Waals surface area contributed by atoms with Gasteiger partial charge in [0.15, 0.2) is 5.69 Å². The standard InChI is InChI=1S/C21H24N4O4S/c1-12-15(11-28-4)17(23-29-12)20(26)25-9-7-13(10-25)16-14-6-5-8-22-19(14)30-18(16)21(27)24(2)3/h5-6,8,13H,7,9-11H2,1-4H3/t13-/m1/s1. The average molecular weight is 429 g/mol. The van der Waals surface area contributed by atoms with Gasteiger partial charge in [0.2, 0.25) is 0 Å². The molecule has 0 N–H and O–H groups in total. The van der Waals surface area contributed by atoms with Gasteiger partial charge in [-0.3, -0.25) is 9.59 Å². The number of pyridine rings is 1. The number of rotatable bonds is 5. The van der Waals surface area contributed by atoms with Crippen molar-refractivity contribution in [2.75, 3.05) is 34.3 Å². The van der Waals surface area contributed by atoms with Gasteiger partial charge < -0.3 is 19.1 Å². The number of nitrogens with zero attached hydrogens (tertiary/aromatic N) is 4. The number of methoxy groups -OCH3 is 1. The summed E-state index contributed by atoms with van der Waals surface area (Å²) in [6.07, 6.45) is 2.51. The molecule has 4 heterocycles. The van der Waals surface area contributed by atoms with Crippen molar-refractivity contribution in [1.29, 1.82) is 0 Å². The lowest BCUT2D eigenvalue weighted by atomic mass is 9.95. The highest BCUT2D eigenvalue weighted by atomic mass is 32.1. The minimum atomic E-state index is -0.167. The zero-order chi connectivity index (χ0) is 21.4. The lowest BCUT2D eigenvalue weighted by Gasteiger charge is -2.17. The van der Waals surface area contributed by atoms with E-state index in [9.17, 15) is 9.59 Å².